The van der Waals surface area contributed by atoms with Crippen LogP contribution in [0.4, 0.5) is 0 Å². The smallest absolute Gasteiger partial charge is 0.184 e. The summed E-state index contributed by atoms with van der Waals surface area (Å²) in [5.74, 6) is 0.800. The van der Waals surface area contributed by atoms with Gasteiger partial charge in [0.05, 0.1) is 19.8 Å². The zero-order valence-electron chi connectivity index (χ0n) is 9.80. The summed E-state index contributed by atoms with van der Waals surface area (Å²) in [4.78, 5) is 10.5. The number of ether oxygens (including phenoxy) is 3. The third-order valence-corrected chi connectivity index (χ3v) is 2.77. The maximum absolute atomic E-state index is 10.5. The van der Waals surface area contributed by atoms with Crippen molar-refractivity contribution in [3.63, 3.8) is 0 Å². The van der Waals surface area contributed by atoms with Gasteiger partial charge >= 0.3 is 0 Å². The Bertz CT molecular complexity index is 360. The van der Waals surface area contributed by atoms with E-state index in [1.54, 1.807) is 7.11 Å². The molecular formula is C13H16O4. The highest BCUT2D eigenvalue weighted by Crippen LogP contribution is 2.28. The van der Waals surface area contributed by atoms with Gasteiger partial charge in [-0.2, -0.15) is 0 Å². The Hall–Kier alpha value is -1.39. The van der Waals surface area contributed by atoms with E-state index in [-0.39, 0.29) is 12.4 Å². The molecule has 0 aromatic heterocycles. The van der Waals surface area contributed by atoms with Crippen LogP contribution in [-0.2, 0) is 14.3 Å². The molecule has 0 bridgehead atoms. The maximum atomic E-state index is 10.5. The molecule has 0 radical (unpaired) electrons. The lowest BCUT2D eigenvalue weighted by Gasteiger charge is -2.29. The summed E-state index contributed by atoms with van der Waals surface area (Å²) in [6.07, 6.45) is 1.68. The summed E-state index contributed by atoms with van der Waals surface area (Å²) >= 11 is 0. The molecule has 1 fully saturated rings. The van der Waals surface area contributed by atoms with Crippen LogP contribution in [0.25, 0.3) is 0 Å². The van der Waals surface area contributed by atoms with Gasteiger partial charge in [-0.1, -0.05) is 12.1 Å². The SMILES string of the molecule is COc1ccc([C@H]2OCC[C@@H](CC=O)O2)cc1. The second kappa shape index (κ2) is 5.80. The van der Waals surface area contributed by atoms with Crippen LogP contribution in [0.2, 0.25) is 0 Å². The summed E-state index contributed by atoms with van der Waals surface area (Å²) in [6, 6.07) is 7.55. The standard InChI is InChI=1S/C13H16O4/c1-15-11-4-2-10(3-5-11)13-16-9-7-12(17-13)6-8-14/h2-5,8,12-13H,6-7,9H2,1H3/t12-,13+/m1/s1. The van der Waals surface area contributed by atoms with Crippen LogP contribution in [0.15, 0.2) is 24.3 Å². The number of carbonyl (C=O) groups is 1. The minimum Gasteiger partial charge on any atom is -0.497 e. The van der Waals surface area contributed by atoms with Crippen LogP contribution in [-0.4, -0.2) is 26.1 Å². The van der Waals surface area contributed by atoms with E-state index in [9.17, 15) is 4.79 Å². The number of carbonyl (C=O) groups excluding carboxylic acids is 1. The predicted molar refractivity (Wildman–Crippen MR) is 61.9 cm³/mol. The van der Waals surface area contributed by atoms with Crippen LogP contribution in [0, 0.1) is 0 Å². The lowest BCUT2D eigenvalue weighted by molar-refractivity contribution is -0.216. The molecule has 0 aliphatic carbocycles. The highest BCUT2D eigenvalue weighted by atomic mass is 16.7. The Morgan fingerprint density at radius 3 is 2.82 bits per heavy atom. The first-order valence-corrected chi connectivity index (χ1v) is 5.68. The average molecular weight is 236 g/mol. The first-order chi connectivity index (χ1) is 8.33. The van der Waals surface area contributed by atoms with Gasteiger partial charge in [-0.15, -0.1) is 0 Å². The van der Waals surface area contributed by atoms with Crippen LogP contribution in [0.3, 0.4) is 0 Å². The Morgan fingerprint density at radius 2 is 2.18 bits per heavy atom. The molecule has 1 aromatic carbocycles. The zero-order valence-corrected chi connectivity index (χ0v) is 9.80. The fraction of sp³-hybridized carbons (Fsp3) is 0.462. The van der Waals surface area contributed by atoms with E-state index in [0.29, 0.717) is 13.0 Å². The van der Waals surface area contributed by atoms with Crippen molar-refractivity contribution in [2.75, 3.05) is 13.7 Å². The summed E-state index contributed by atoms with van der Waals surface area (Å²) in [7, 11) is 1.63. The van der Waals surface area contributed by atoms with Crippen LogP contribution >= 0.6 is 0 Å². The van der Waals surface area contributed by atoms with Crippen LogP contribution in [0.5, 0.6) is 5.75 Å². The number of benzene rings is 1. The van der Waals surface area contributed by atoms with E-state index in [2.05, 4.69) is 0 Å². The van der Waals surface area contributed by atoms with Crippen molar-refractivity contribution in [2.24, 2.45) is 0 Å². The van der Waals surface area contributed by atoms with Gasteiger partial charge in [0, 0.05) is 12.0 Å². The molecule has 2 rings (SSSR count). The molecule has 17 heavy (non-hydrogen) atoms. The Balaban J connectivity index is 2.02. The predicted octanol–water partition coefficient (Wildman–Crippen LogP) is 2.09. The molecule has 2 atom stereocenters. The Kier molecular flexibility index (Phi) is 4.12. The fourth-order valence-electron chi connectivity index (χ4n) is 1.81. The van der Waals surface area contributed by atoms with E-state index in [0.717, 1.165) is 24.0 Å². The number of hydrogen-bond acceptors (Lipinski definition) is 4. The zero-order chi connectivity index (χ0) is 12.1. The normalized spacial score (nSPS) is 24.3. The topological polar surface area (TPSA) is 44.8 Å². The minimum atomic E-state index is -0.375. The largest absolute Gasteiger partial charge is 0.497 e. The number of methoxy groups -OCH3 is 1. The molecule has 0 N–H and O–H groups in total. The number of hydrogen-bond donors (Lipinski definition) is 0. The van der Waals surface area contributed by atoms with Crippen molar-refractivity contribution >= 4 is 6.29 Å². The second-order valence-electron chi connectivity index (χ2n) is 3.93. The van der Waals surface area contributed by atoms with Crippen molar-refractivity contribution in [3.05, 3.63) is 29.8 Å². The van der Waals surface area contributed by atoms with Crippen molar-refractivity contribution in [2.45, 2.75) is 25.2 Å². The van der Waals surface area contributed by atoms with Crippen molar-refractivity contribution in [1.82, 2.24) is 0 Å². The van der Waals surface area contributed by atoms with Gasteiger partial charge in [-0.05, 0) is 18.6 Å². The molecule has 1 aromatic rings. The van der Waals surface area contributed by atoms with Crippen LogP contribution < -0.4 is 4.74 Å². The minimum absolute atomic E-state index is 0.0339. The molecule has 1 aliphatic rings. The molecule has 0 amide bonds. The fourth-order valence-corrected chi connectivity index (χ4v) is 1.81. The van der Waals surface area contributed by atoms with Gasteiger partial charge < -0.3 is 19.0 Å². The van der Waals surface area contributed by atoms with Gasteiger partial charge in [-0.3, -0.25) is 0 Å². The summed E-state index contributed by atoms with van der Waals surface area (Å²) < 4.78 is 16.3. The molecule has 4 nitrogen and oxygen atoms in total. The van der Waals surface area contributed by atoms with Gasteiger partial charge in [0.25, 0.3) is 0 Å². The van der Waals surface area contributed by atoms with E-state index in [4.69, 9.17) is 14.2 Å². The van der Waals surface area contributed by atoms with Crippen molar-refractivity contribution < 1.29 is 19.0 Å². The van der Waals surface area contributed by atoms with Gasteiger partial charge in [0.1, 0.15) is 12.0 Å². The average Bonchev–Trinajstić information content (AvgIpc) is 2.40. The molecule has 0 unspecified atom stereocenters. The quantitative estimate of drug-likeness (QED) is 0.751. The highest BCUT2D eigenvalue weighted by molar-refractivity contribution is 5.50. The van der Waals surface area contributed by atoms with Gasteiger partial charge in [-0.25, -0.2) is 0 Å². The van der Waals surface area contributed by atoms with Gasteiger partial charge in [0.15, 0.2) is 6.29 Å². The second-order valence-corrected chi connectivity index (χ2v) is 3.93. The molecular weight excluding hydrogens is 220 g/mol. The lowest BCUT2D eigenvalue weighted by atomic mass is 10.1. The molecule has 1 aliphatic heterocycles. The van der Waals surface area contributed by atoms with E-state index >= 15 is 0 Å². The Labute approximate surface area is 100 Å². The van der Waals surface area contributed by atoms with Crippen LogP contribution in [0.1, 0.15) is 24.7 Å². The van der Waals surface area contributed by atoms with E-state index < -0.39 is 0 Å². The summed E-state index contributed by atoms with van der Waals surface area (Å²) in [6.45, 7) is 0.620. The molecule has 4 heteroatoms. The lowest BCUT2D eigenvalue weighted by Crippen LogP contribution is -2.27. The molecule has 0 spiro atoms. The third-order valence-electron chi connectivity index (χ3n) is 2.77. The summed E-state index contributed by atoms with van der Waals surface area (Å²) in [5.41, 5.74) is 0.946. The van der Waals surface area contributed by atoms with E-state index in [1.165, 1.54) is 0 Å². The first kappa shape index (κ1) is 12.1. The first-order valence-electron chi connectivity index (χ1n) is 5.68. The van der Waals surface area contributed by atoms with Gasteiger partial charge in [0.2, 0.25) is 0 Å². The monoisotopic (exact) mass is 236 g/mol. The Morgan fingerprint density at radius 1 is 1.41 bits per heavy atom. The molecule has 92 valence electrons. The summed E-state index contributed by atoms with van der Waals surface area (Å²) in [5, 5.41) is 0. The molecule has 1 saturated heterocycles. The molecule has 0 saturated carbocycles. The maximum Gasteiger partial charge on any atom is 0.184 e. The van der Waals surface area contributed by atoms with E-state index in [1.807, 2.05) is 24.3 Å². The number of aldehydes is 1. The number of rotatable bonds is 4. The van der Waals surface area contributed by atoms with Crippen molar-refractivity contribution in [3.8, 4) is 5.75 Å². The third kappa shape index (κ3) is 3.05. The molecule has 1 heterocycles. The highest BCUT2D eigenvalue weighted by Gasteiger charge is 2.23. The van der Waals surface area contributed by atoms with Crippen molar-refractivity contribution in [1.29, 1.82) is 0 Å².